The van der Waals surface area contributed by atoms with Crippen LogP contribution in [0.5, 0.6) is 5.75 Å². The van der Waals surface area contributed by atoms with Crippen molar-refractivity contribution in [2.45, 2.75) is 44.1 Å². The van der Waals surface area contributed by atoms with Crippen LogP contribution >= 0.6 is 11.8 Å². The predicted octanol–water partition coefficient (Wildman–Crippen LogP) is 5.58. The van der Waals surface area contributed by atoms with Crippen LogP contribution in [-0.2, 0) is 12.3 Å². The van der Waals surface area contributed by atoms with E-state index in [0.717, 1.165) is 53.9 Å². The van der Waals surface area contributed by atoms with Crippen LogP contribution in [0.4, 0.5) is 4.39 Å². The summed E-state index contributed by atoms with van der Waals surface area (Å²) in [5.41, 5.74) is 1.94. The van der Waals surface area contributed by atoms with Crippen LogP contribution in [0.3, 0.4) is 0 Å². The first-order valence-electron chi connectivity index (χ1n) is 9.25. The maximum Gasteiger partial charge on any atom is 0.191 e. The van der Waals surface area contributed by atoms with Crippen molar-refractivity contribution in [2.75, 3.05) is 6.61 Å². The number of nitrogens with zero attached hydrogens (tertiary/aromatic N) is 3. The summed E-state index contributed by atoms with van der Waals surface area (Å²) in [5, 5.41) is 9.54. The Morgan fingerprint density at radius 2 is 1.89 bits per heavy atom. The molecule has 3 aromatic rings. The molecule has 142 valence electrons. The minimum Gasteiger partial charge on any atom is -0.494 e. The van der Waals surface area contributed by atoms with Gasteiger partial charge in [0, 0.05) is 17.9 Å². The van der Waals surface area contributed by atoms with E-state index in [1.807, 2.05) is 30.3 Å². The maximum atomic E-state index is 13.3. The van der Waals surface area contributed by atoms with Crippen molar-refractivity contribution in [1.29, 1.82) is 0 Å². The Morgan fingerprint density at radius 3 is 2.59 bits per heavy atom. The topological polar surface area (TPSA) is 39.9 Å². The van der Waals surface area contributed by atoms with Crippen LogP contribution in [0, 0.1) is 5.82 Å². The van der Waals surface area contributed by atoms with Crippen molar-refractivity contribution < 1.29 is 9.13 Å². The van der Waals surface area contributed by atoms with Crippen molar-refractivity contribution in [3.8, 4) is 17.1 Å². The predicted molar refractivity (Wildman–Crippen MR) is 107 cm³/mol. The van der Waals surface area contributed by atoms with Gasteiger partial charge in [0.2, 0.25) is 0 Å². The second-order valence-electron chi connectivity index (χ2n) is 6.20. The molecule has 27 heavy (non-hydrogen) atoms. The summed E-state index contributed by atoms with van der Waals surface area (Å²) in [4.78, 5) is 0. The summed E-state index contributed by atoms with van der Waals surface area (Å²) < 4.78 is 21.1. The molecule has 1 heterocycles. The Labute approximate surface area is 163 Å². The molecule has 0 unspecified atom stereocenters. The summed E-state index contributed by atoms with van der Waals surface area (Å²) >= 11 is 1.56. The first-order chi connectivity index (χ1) is 13.2. The third-order valence-corrected chi connectivity index (χ3v) is 5.21. The van der Waals surface area contributed by atoms with Crippen LogP contribution in [0.2, 0.25) is 0 Å². The quantitative estimate of drug-likeness (QED) is 0.356. The first-order valence-corrected chi connectivity index (χ1v) is 10.2. The zero-order chi connectivity index (χ0) is 19.1. The Kier molecular flexibility index (Phi) is 6.87. The number of halogens is 1. The Hall–Kier alpha value is -2.34. The fourth-order valence-electron chi connectivity index (χ4n) is 2.70. The van der Waals surface area contributed by atoms with Gasteiger partial charge >= 0.3 is 0 Å². The summed E-state index contributed by atoms with van der Waals surface area (Å²) in [5.74, 6) is 2.14. The molecule has 0 N–H and O–H groups in total. The molecule has 2 aromatic carbocycles. The minimum atomic E-state index is -0.216. The zero-order valence-electron chi connectivity index (χ0n) is 15.7. The minimum absolute atomic E-state index is 0.216. The molecule has 0 aliphatic rings. The monoisotopic (exact) mass is 385 g/mol. The van der Waals surface area contributed by atoms with Crippen LogP contribution in [0.1, 0.15) is 32.3 Å². The maximum absolute atomic E-state index is 13.3. The molecule has 0 aliphatic heterocycles. The van der Waals surface area contributed by atoms with Gasteiger partial charge in [-0.1, -0.05) is 37.2 Å². The van der Waals surface area contributed by atoms with E-state index in [-0.39, 0.29) is 5.82 Å². The Balaban J connectivity index is 1.71. The zero-order valence-corrected chi connectivity index (χ0v) is 16.5. The molecule has 6 heteroatoms. The highest BCUT2D eigenvalue weighted by molar-refractivity contribution is 7.98. The van der Waals surface area contributed by atoms with E-state index < -0.39 is 0 Å². The van der Waals surface area contributed by atoms with Gasteiger partial charge in [-0.05, 0) is 55.3 Å². The van der Waals surface area contributed by atoms with Crippen molar-refractivity contribution >= 4 is 11.8 Å². The fraction of sp³-hybridized carbons (Fsp3) is 0.333. The van der Waals surface area contributed by atoms with E-state index in [9.17, 15) is 4.39 Å². The van der Waals surface area contributed by atoms with Crippen molar-refractivity contribution in [1.82, 2.24) is 14.8 Å². The second-order valence-corrected chi connectivity index (χ2v) is 7.14. The average Bonchev–Trinajstić information content (AvgIpc) is 3.10. The van der Waals surface area contributed by atoms with Gasteiger partial charge in [0.25, 0.3) is 0 Å². The number of hydrogen-bond donors (Lipinski definition) is 0. The van der Waals surface area contributed by atoms with E-state index in [1.165, 1.54) is 6.07 Å². The number of ether oxygens (including phenoxy) is 1. The smallest absolute Gasteiger partial charge is 0.191 e. The summed E-state index contributed by atoms with van der Waals surface area (Å²) in [7, 11) is 0. The second kappa shape index (κ2) is 9.55. The van der Waals surface area contributed by atoms with Gasteiger partial charge in [0.15, 0.2) is 11.0 Å². The summed E-state index contributed by atoms with van der Waals surface area (Å²) in [6.07, 6.45) is 2.17. The van der Waals surface area contributed by atoms with E-state index in [4.69, 9.17) is 4.74 Å². The molecule has 0 saturated heterocycles. The van der Waals surface area contributed by atoms with Gasteiger partial charge in [-0.2, -0.15) is 0 Å². The molecule has 0 amide bonds. The molecule has 0 spiro atoms. The SMILES string of the molecule is CCCCOc1ccc(-c2nnc(SCc3cccc(F)c3)n2CC)cc1. The molecule has 0 fully saturated rings. The normalized spacial score (nSPS) is 10.9. The third-order valence-electron chi connectivity index (χ3n) is 4.17. The number of aromatic nitrogens is 3. The largest absolute Gasteiger partial charge is 0.494 e. The van der Waals surface area contributed by atoms with E-state index in [0.29, 0.717) is 5.75 Å². The van der Waals surface area contributed by atoms with Crippen LogP contribution < -0.4 is 4.74 Å². The van der Waals surface area contributed by atoms with Crippen LogP contribution in [0.15, 0.2) is 53.7 Å². The van der Waals surface area contributed by atoms with Gasteiger partial charge < -0.3 is 9.30 Å². The van der Waals surface area contributed by atoms with Gasteiger partial charge in [-0.25, -0.2) is 4.39 Å². The molecular weight excluding hydrogens is 361 g/mol. The molecule has 0 atom stereocenters. The first kappa shape index (κ1) is 19.4. The average molecular weight is 386 g/mol. The van der Waals surface area contributed by atoms with Crippen LogP contribution in [-0.4, -0.2) is 21.4 Å². The number of benzene rings is 2. The molecule has 0 aliphatic carbocycles. The molecule has 4 nitrogen and oxygen atoms in total. The summed E-state index contributed by atoms with van der Waals surface area (Å²) in [6.45, 7) is 5.72. The van der Waals surface area contributed by atoms with E-state index >= 15 is 0 Å². The van der Waals surface area contributed by atoms with Gasteiger partial charge in [-0.3, -0.25) is 0 Å². The van der Waals surface area contributed by atoms with Gasteiger partial charge in [-0.15, -0.1) is 10.2 Å². The standard InChI is InChI=1S/C21H24FN3OS/c1-3-5-13-26-19-11-9-17(10-12-19)20-23-24-21(25(20)4-2)27-15-16-7-6-8-18(22)14-16/h6-12,14H,3-5,13,15H2,1-2H3. The van der Waals surface area contributed by atoms with E-state index in [2.05, 4.69) is 28.6 Å². The highest BCUT2D eigenvalue weighted by Gasteiger charge is 2.13. The molecule has 3 rings (SSSR count). The number of thioether (sulfide) groups is 1. The van der Waals surface area contributed by atoms with Crippen molar-refractivity contribution in [3.05, 3.63) is 59.9 Å². The van der Waals surface area contributed by atoms with Crippen molar-refractivity contribution in [2.24, 2.45) is 0 Å². The number of hydrogen-bond acceptors (Lipinski definition) is 4. The highest BCUT2D eigenvalue weighted by atomic mass is 32.2. The van der Waals surface area contributed by atoms with Crippen LogP contribution in [0.25, 0.3) is 11.4 Å². The lowest BCUT2D eigenvalue weighted by atomic mass is 10.2. The molecule has 1 aromatic heterocycles. The van der Waals surface area contributed by atoms with Crippen molar-refractivity contribution in [3.63, 3.8) is 0 Å². The molecule has 0 bridgehead atoms. The number of unbranched alkanes of at least 4 members (excludes halogenated alkanes) is 1. The fourth-order valence-corrected chi connectivity index (χ4v) is 3.65. The summed E-state index contributed by atoms with van der Waals surface area (Å²) in [6, 6.07) is 14.6. The highest BCUT2D eigenvalue weighted by Crippen LogP contribution is 2.27. The lowest BCUT2D eigenvalue weighted by molar-refractivity contribution is 0.309. The Morgan fingerprint density at radius 1 is 1.07 bits per heavy atom. The lowest BCUT2D eigenvalue weighted by Gasteiger charge is -2.09. The van der Waals surface area contributed by atoms with E-state index in [1.54, 1.807) is 23.9 Å². The molecule has 0 saturated carbocycles. The van der Waals surface area contributed by atoms with Gasteiger partial charge in [0.05, 0.1) is 6.61 Å². The molecular formula is C21H24FN3OS. The number of rotatable bonds is 9. The Bertz CT molecular complexity index is 864. The third kappa shape index (κ3) is 5.10. The molecule has 0 radical (unpaired) electrons. The lowest BCUT2D eigenvalue weighted by Crippen LogP contribution is -2.00. The van der Waals surface area contributed by atoms with Gasteiger partial charge in [0.1, 0.15) is 11.6 Å².